The summed E-state index contributed by atoms with van der Waals surface area (Å²) < 4.78 is 30.5. The summed E-state index contributed by atoms with van der Waals surface area (Å²) in [4.78, 5) is 8.82. The Morgan fingerprint density at radius 2 is 1.75 bits per heavy atom. The molecule has 0 amide bonds. The number of imidazole rings is 1. The van der Waals surface area contributed by atoms with Gasteiger partial charge in [-0.05, 0) is 48.4 Å². The number of aromatic nitrogens is 3. The van der Waals surface area contributed by atoms with Crippen molar-refractivity contribution in [2.24, 2.45) is 0 Å². The Hall–Kier alpha value is -3.00. The maximum absolute atomic E-state index is 13.5. The molecule has 164 valence electrons. The van der Waals surface area contributed by atoms with Gasteiger partial charge in [0.15, 0.2) is 0 Å². The highest BCUT2D eigenvalue weighted by molar-refractivity contribution is 7.89. The second-order valence-electron chi connectivity index (χ2n) is 7.55. The summed E-state index contributed by atoms with van der Waals surface area (Å²) in [6.07, 6.45) is 6.87. The van der Waals surface area contributed by atoms with Crippen molar-refractivity contribution in [3.05, 3.63) is 113 Å². The number of nitrogens with zero attached hydrogens (tertiary/aromatic N) is 4. The van der Waals surface area contributed by atoms with Gasteiger partial charge in [0.05, 0.1) is 11.4 Å². The Bertz CT molecular complexity index is 1290. The number of halogens is 1. The van der Waals surface area contributed by atoms with Crippen LogP contribution in [-0.4, -0.2) is 27.3 Å². The zero-order chi connectivity index (χ0) is 22.6. The van der Waals surface area contributed by atoms with E-state index in [1.54, 1.807) is 48.9 Å². The highest BCUT2D eigenvalue weighted by atomic mass is 35.5. The molecule has 0 N–H and O–H groups in total. The van der Waals surface area contributed by atoms with E-state index in [2.05, 4.69) is 9.97 Å². The van der Waals surface area contributed by atoms with Crippen LogP contribution in [0, 0.1) is 6.92 Å². The molecular weight excluding hydrogens is 444 g/mol. The molecule has 0 atom stereocenters. The van der Waals surface area contributed by atoms with E-state index in [0.29, 0.717) is 17.4 Å². The first-order valence-electron chi connectivity index (χ1n) is 10.1. The van der Waals surface area contributed by atoms with E-state index < -0.39 is 10.0 Å². The molecule has 0 aliphatic carbocycles. The van der Waals surface area contributed by atoms with Gasteiger partial charge in [-0.25, -0.2) is 13.4 Å². The molecule has 0 aliphatic heterocycles. The lowest BCUT2D eigenvalue weighted by Gasteiger charge is -2.22. The highest BCUT2D eigenvalue weighted by Crippen LogP contribution is 2.22. The van der Waals surface area contributed by atoms with Crippen LogP contribution >= 0.6 is 11.6 Å². The van der Waals surface area contributed by atoms with Crippen LogP contribution in [0.5, 0.6) is 0 Å². The number of pyridine rings is 1. The van der Waals surface area contributed by atoms with E-state index in [4.69, 9.17) is 11.6 Å². The summed E-state index contributed by atoms with van der Waals surface area (Å²) in [5.41, 5.74) is 2.81. The molecule has 6 nitrogen and oxygen atoms in total. The summed E-state index contributed by atoms with van der Waals surface area (Å²) in [6.45, 7) is 2.78. The molecule has 0 spiro atoms. The van der Waals surface area contributed by atoms with Crippen LogP contribution in [0.15, 0.2) is 90.3 Å². The van der Waals surface area contributed by atoms with Gasteiger partial charge in [-0.2, -0.15) is 4.31 Å². The van der Waals surface area contributed by atoms with Gasteiger partial charge in [0.25, 0.3) is 0 Å². The lowest BCUT2D eigenvalue weighted by atomic mass is 10.2. The number of rotatable bonds is 8. The number of hydrogen-bond donors (Lipinski definition) is 0. The maximum Gasteiger partial charge on any atom is 0.243 e. The Kier molecular flexibility index (Phi) is 6.69. The minimum Gasteiger partial charge on any atom is -0.329 e. The largest absolute Gasteiger partial charge is 0.329 e. The zero-order valence-corrected chi connectivity index (χ0v) is 19.2. The molecule has 4 rings (SSSR count). The van der Waals surface area contributed by atoms with Crippen LogP contribution < -0.4 is 0 Å². The molecule has 8 heteroatoms. The third kappa shape index (κ3) is 5.24. The lowest BCUT2D eigenvalue weighted by Crippen LogP contribution is -2.31. The van der Waals surface area contributed by atoms with Crippen molar-refractivity contribution < 1.29 is 8.42 Å². The predicted octanol–water partition coefficient (Wildman–Crippen LogP) is 4.68. The molecule has 0 saturated carbocycles. The molecule has 0 fully saturated rings. The predicted molar refractivity (Wildman–Crippen MR) is 125 cm³/mol. The smallest absolute Gasteiger partial charge is 0.243 e. The van der Waals surface area contributed by atoms with Crippen LogP contribution in [0.4, 0.5) is 0 Å². The topological polar surface area (TPSA) is 68.1 Å². The van der Waals surface area contributed by atoms with Crippen LogP contribution in [0.2, 0.25) is 5.02 Å². The SMILES string of the molecule is Cc1ccc(S(=O)(=O)N(Cc2cccnc2)Cc2nccn2Cc2cccc(Cl)c2)cc1. The first-order chi connectivity index (χ1) is 15.4. The number of hydrogen-bond acceptors (Lipinski definition) is 4. The van der Waals surface area contributed by atoms with Gasteiger partial charge in [0.2, 0.25) is 10.0 Å². The van der Waals surface area contributed by atoms with Crippen LogP contribution in [-0.2, 0) is 29.7 Å². The third-order valence-electron chi connectivity index (χ3n) is 5.10. The summed E-state index contributed by atoms with van der Waals surface area (Å²) in [6, 6.07) is 18.1. The van der Waals surface area contributed by atoms with Crippen molar-refractivity contribution in [2.75, 3.05) is 0 Å². The Balaban J connectivity index is 1.66. The second-order valence-corrected chi connectivity index (χ2v) is 9.92. The van der Waals surface area contributed by atoms with Crippen molar-refractivity contribution in [3.63, 3.8) is 0 Å². The van der Waals surface area contributed by atoms with Crippen molar-refractivity contribution in [1.29, 1.82) is 0 Å². The Morgan fingerprint density at radius 3 is 2.47 bits per heavy atom. The van der Waals surface area contributed by atoms with Gasteiger partial charge in [0.1, 0.15) is 5.82 Å². The second kappa shape index (κ2) is 9.65. The van der Waals surface area contributed by atoms with Crippen LogP contribution in [0.3, 0.4) is 0 Å². The standard InChI is InChI=1S/C24H23ClN4O2S/c1-19-7-9-23(10-8-19)32(30,31)29(17-21-5-3-11-26-15-21)18-24-27-12-13-28(24)16-20-4-2-6-22(25)14-20/h2-15H,16-18H2,1H3. The fourth-order valence-electron chi connectivity index (χ4n) is 3.41. The molecule has 0 radical (unpaired) electrons. The normalized spacial score (nSPS) is 11.7. The molecule has 2 heterocycles. The van der Waals surface area contributed by atoms with Gasteiger partial charge < -0.3 is 4.57 Å². The average molecular weight is 467 g/mol. The van der Waals surface area contributed by atoms with Crippen molar-refractivity contribution in [2.45, 2.75) is 31.5 Å². The number of sulfonamides is 1. The lowest BCUT2D eigenvalue weighted by molar-refractivity contribution is 0.385. The molecule has 0 saturated heterocycles. The van der Waals surface area contributed by atoms with E-state index in [1.165, 1.54) is 4.31 Å². The molecule has 0 unspecified atom stereocenters. The number of aryl methyl sites for hydroxylation is 1. The molecule has 2 aromatic carbocycles. The summed E-state index contributed by atoms with van der Waals surface area (Å²) in [5.74, 6) is 0.643. The van der Waals surface area contributed by atoms with E-state index in [-0.39, 0.29) is 18.0 Å². The summed E-state index contributed by atoms with van der Waals surface area (Å²) in [5, 5.41) is 0.657. The van der Waals surface area contributed by atoms with Crippen molar-refractivity contribution in [3.8, 4) is 0 Å². The summed E-state index contributed by atoms with van der Waals surface area (Å²) in [7, 11) is -3.76. The van der Waals surface area contributed by atoms with Crippen LogP contribution in [0.25, 0.3) is 0 Å². The number of benzene rings is 2. The molecule has 2 aromatic heterocycles. The molecule has 0 aliphatic rings. The van der Waals surface area contributed by atoms with Crippen LogP contribution in [0.1, 0.15) is 22.5 Å². The first-order valence-corrected chi connectivity index (χ1v) is 11.9. The van der Waals surface area contributed by atoms with Gasteiger partial charge in [0, 0.05) is 42.9 Å². The van der Waals surface area contributed by atoms with E-state index in [0.717, 1.165) is 16.7 Å². The van der Waals surface area contributed by atoms with E-state index in [1.807, 2.05) is 48.0 Å². The zero-order valence-electron chi connectivity index (χ0n) is 17.6. The fraction of sp³-hybridized carbons (Fsp3) is 0.167. The third-order valence-corrected chi connectivity index (χ3v) is 7.14. The summed E-state index contributed by atoms with van der Waals surface area (Å²) >= 11 is 6.12. The van der Waals surface area contributed by atoms with Gasteiger partial charge in [-0.1, -0.05) is 47.5 Å². The molecular formula is C24H23ClN4O2S. The van der Waals surface area contributed by atoms with Crippen molar-refractivity contribution >= 4 is 21.6 Å². The highest BCUT2D eigenvalue weighted by Gasteiger charge is 2.26. The van der Waals surface area contributed by atoms with Gasteiger partial charge >= 0.3 is 0 Å². The minimum atomic E-state index is -3.76. The average Bonchev–Trinajstić information content (AvgIpc) is 3.21. The van der Waals surface area contributed by atoms with E-state index >= 15 is 0 Å². The molecule has 4 aromatic rings. The molecule has 0 bridgehead atoms. The maximum atomic E-state index is 13.5. The fourth-order valence-corrected chi connectivity index (χ4v) is 5.00. The molecule has 32 heavy (non-hydrogen) atoms. The van der Waals surface area contributed by atoms with Crippen molar-refractivity contribution in [1.82, 2.24) is 18.8 Å². The minimum absolute atomic E-state index is 0.124. The van der Waals surface area contributed by atoms with Gasteiger partial charge in [-0.3, -0.25) is 4.98 Å². The quantitative estimate of drug-likeness (QED) is 0.378. The first kappa shape index (κ1) is 22.2. The van der Waals surface area contributed by atoms with E-state index in [9.17, 15) is 8.42 Å². The Morgan fingerprint density at radius 1 is 0.969 bits per heavy atom. The monoisotopic (exact) mass is 466 g/mol. The Labute approximate surface area is 193 Å². The van der Waals surface area contributed by atoms with Gasteiger partial charge in [-0.15, -0.1) is 0 Å².